The first-order valence-corrected chi connectivity index (χ1v) is 12.2. The third-order valence-electron chi connectivity index (χ3n) is 6.18. The lowest BCUT2D eigenvalue weighted by atomic mass is 9.97. The van der Waals surface area contributed by atoms with Crippen LogP contribution in [0.25, 0.3) is 15.9 Å². The summed E-state index contributed by atoms with van der Waals surface area (Å²) in [6, 6.07) is 0. The third kappa shape index (κ3) is 2.76. The summed E-state index contributed by atoms with van der Waals surface area (Å²) in [6.45, 7) is 1.80. The van der Waals surface area contributed by atoms with Crippen LogP contribution in [0.15, 0.2) is 5.16 Å². The molecule has 3 aliphatic rings. The quantitative estimate of drug-likeness (QED) is 0.609. The average Bonchev–Trinajstić information content (AvgIpc) is 3.12. The maximum atomic E-state index is 12.5. The average molecular weight is 414 g/mol. The van der Waals surface area contributed by atoms with Gasteiger partial charge in [-0.05, 0) is 56.9 Å². The molecule has 4 heterocycles. The number of hydrogen-bond donors (Lipinski definition) is 0. The van der Waals surface area contributed by atoms with E-state index in [1.165, 1.54) is 59.7 Å². The number of thioether (sulfide) groups is 1. The molecule has 8 heteroatoms. The lowest BCUT2D eigenvalue weighted by Crippen LogP contribution is -2.29. The summed E-state index contributed by atoms with van der Waals surface area (Å²) in [7, 11) is 0. The predicted octanol–water partition coefficient (Wildman–Crippen LogP) is 3.81. The van der Waals surface area contributed by atoms with Crippen molar-refractivity contribution >= 4 is 44.9 Å². The van der Waals surface area contributed by atoms with Gasteiger partial charge in [0.1, 0.15) is 10.7 Å². The number of nitrogens with zero attached hydrogens (tertiary/aromatic N) is 5. The standard InChI is InChI=1S/C20H23N5OS2/c26-15(24-9-3-4-10-24)11-27-20-23-22-18-16-13-5-1-2-6-14(13)28-19(16)21-17(25(18)20)12-7-8-12/h12H,1-11H2. The molecule has 1 saturated heterocycles. The number of likely N-dealkylation sites (tertiary alicyclic amines) is 1. The second-order valence-electron chi connectivity index (χ2n) is 8.15. The van der Waals surface area contributed by atoms with Crippen molar-refractivity contribution in [1.29, 1.82) is 0 Å². The molecule has 6 nitrogen and oxygen atoms in total. The summed E-state index contributed by atoms with van der Waals surface area (Å²) >= 11 is 3.38. The second-order valence-corrected chi connectivity index (χ2v) is 10.2. The Bertz CT molecular complexity index is 1080. The predicted molar refractivity (Wildman–Crippen MR) is 111 cm³/mol. The normalized spacial score (nSPS) is 19.6. The van der Waals surface area contributed by atoms with Crippen LogP contribution >= 0.6 is 23.1 Å². The summed E-state index contributed by atoms with van der Waals surface area (Å²) in [6.07, 6.45) is 9.44. The zero-order chi connectivity index (χ0) is 18.7. The second kappa shape index (κ2) is 6.69. The number of amides is 1. The van der Waals surface area contributed by atoms with Gasteiger partial charge in [0.25, 0.3) is 0 Å². The third-order valence-corrected chi connectivity index (χ3v) is 8.28. The molecule has 146 valence electrons. The topological polar surface area (TPSA) is 63.4 Å². The molecule has 0 unspecified atom stereocenters. The lowest BCUT2D eigenvalue weighted by molar-refractivity contribution is -0.127. The highest BCUT2D eigenvalue weighted by atomic mass is 32.2. The largest absolute Gasteiger partial charge is 0.342 e. The highest BCUT2D eigenvalue weighted by Gasteiger charge is 2.32. The Morgan fingerprint density at radius 1 is 1.11 bits per heavy atom. The van der Waals surface area contributed by atoms with Crippen molar-refractivity contribution in [2.75, 3.05) is 18.8 Å². The van der Waals surface area contributed by atoms with E-state index >= 15 is 0 Å². The van der Waals surface area contributed by atoms with Gasteiger partial charge in [-0.2, -0.15) is 0 Å². The van der Waals surface area contributed by atoms with Crippen molar-refractivity contribution in [2.45, 2.75) is 62.4 Å². The van der Waals surface area contributed by atoms with Crippen molar-refractivity contribution in [3.05, 3.63) is 16.3 Å². The van der Waals surface area contributed by atoms with Crippen LogP contribution in [0.3, 0.4) is 0 Å². The van der Waals surface area contributed by atoms with Crippen molar-refractivity contribution < 1.29 is 4.79 Å². The van der Waals surface area contributed by atoms with Gasteiger partial charge in [-0.1, -0.05) is 11.8 Å². The Hall–Kier alpha value is -1.67. The van der Waals surface area contributed by atoms with E-state index < -0.39 is 0 Å². The molecule has 0 bridgehead atoms. The van der Waals surface area contributed by atoms with E-state index in [0.29, 0.717) is 11.7 Å². The molecule has 1 amide bonds. The molecular weight excluding hydrogens is 390 g/mol. The minimum atomic E-state index is 0.217. The summed E-state index contributed by atoms with van der Waals surface area (Å²) in [5.74, 6) is 2.26. The van der Waals surface area contributed by atoms with E-state index in [-0.39, 0.29) is 5.91 Å². The summed E-state index contributed by atoms with van der Waals surface area (Å²) in [5, 5.41) is 11.2. The van der Waals surface area contributed by atoms with E-state index in [2.05, 4.69) is 14.6 Å². The number of fused-ring (bicyclic) bond motifs is 5. The molecule has 0 spiro atoms. The maximum Gasteiger partial charge on any atom is 0.233 e. The minimum absolute atomic E-state index is 0.217. The van der Waals surface area contributed by atoms with Gasteiger partial charge < -0.3 is 4.90 Å². The van der Waals surface area contributed by atoms with Crippen LogP contribution in [0.2, 0.25) is 0 Å². The molecule has 0 aromatic carbocycles. The van der Waals surface area contributed by atoms with E-state index in [0.717, 1.165) is 53.8 Å². The summed E-state index contributed by atoms with van der Waals surface area (Å²) in [5.41, 5.74) is 2.41. The molecule has 1 aliphatic heterocycles. The maximum absolute atomic E-state index is 12.5. The zero-order valence-electron chi connectivity index (χ0n) is 15.8. The molecule has 3 aromatic rings. The van der Waals surface area contributed by atoms with Gasteiger partial charge in [-0.15, -0.1) is 21.5 Å². The molecule has 2 fully saturated rings. The number of hydrogen-bond acceptors (Lipinski definition) is 6. The van der Waals surface area contributed by atoms with Crippen molar-refractivity contribution in [3.8, 4) is 0 Å². The highest BCUT2D eigenvalue weighted by molar-refractivity contribution is 7.99. The van der Waals surface area contributed by atoms with Crippen molar-refractivity contribution in [2.24, 2.45) is 0 Å². The van der Waals surface area contributed by atoms with Gasteiger partial charge in [-0.3, -0.25) is 9.20 Å². The first-order valence-electron chi connectivity index (χ1n) is 10.4. The smallest absolute Gasteiger partial charge is 0.233 e. The van der Waals surface area contributed by atoms with Crippen LogP contribution in [0, 0.1) is 0 Å². The van der Waals surface area contributed by atoms with Crippen LogP contribution in [0.4, 0.5) is 0 Å². The lowest BCUT2D eigenvalue weighted by Gasteiger charge is -2.14. The van der Waals surface area contributed by atoms with Crippen LogP contribution in [0.1, 0.15) is 60.7 Å². The zero-order valence-corrected chi connectivity index (χ0v) is 17.4. The van der Waals surface area contributed by atoms with Crippen molar-refractivity contribution in [3.63, 3.8) is 0 Å². The number of rotatable bonds is 4. The number of aryl methyl sites for hydroxylation is 2. The minimum Gasteiger partial charge on any atom is -0.342 e. The number of carbonyl (C=O) groups excluding carboxylic acids is 1. The molecule has 3 aromatic heterocycles. The molecule has 28 heavy (non-hydrogen) atoms. The first-order chi connectivity index (χ1) is 13.8. The monoisotopic (exact) mass is 413 g/mol. The Morgan fingerprint density at radius 2 is 1.93 bits per heavy atom. The fourth-order valence-corrected chi connectivity index (χ4v) is 6.65. The number of aromatic nitrogens is 4. The van der Waals surface area contributed by atoms with Gasteiger partial charge in [0.15, 0.2) is 10.8 Å². The number of carbonyl (C=O) groups is 1. The van der Waals surface area contributed by atoms with Gasteiger partial charge in [0, 0.05) is 23.9 Å². The van der Waals surface area contributed by atoms with Crippen LogP contribution in [0.5, 0.6) is 0 Å². The Morgan fingerprint density at radius 3 is 2.75 bits per heavy atom. The fraction of sp³-hybridized carbons (Fsp3) is 0.600. The van der Waals surface area contributed by atoms with Crippen molar-refractivity contribution in [1.82, 2.24) is 24.5 Å². The Kier molecular flexibility index (Phi) is 4.11. The first kappa shape index (κ1) is 17.2. The van der Waals surface area contributed by atoms with E-state index in [9.17, 15) is 4.79 Å². The Labute approximate surface area is 171 Å². The van der Waals surface area contributed by atoms with E-state index in [4.69, 9.17) is 4.98 Å². The van der Waals surface area contributed by atoms with Gasteiger partial charge in [-0.25, -0.2) is 4.98 Å². The molecular formula is C20H23N5OS2. The van der Waals surface area contributed by atoms with E-state index in [1.807, 2.05) is 16.2 Å². The summed E-state index contributed by atoms with van der Waals surface area (Å²) < 4.78 is 2.17. The number of thiophene rings is 1. The van der Waals surface area contributed by atoms with Gasteiger partial charge in [0.05, 0.1) is 11.1 Å². The van der Waals surface area contributed by atoms with Crippen LogP contribution < -0.4 is 0 Å². The molecule has 2 aliphatic carbocycles. The molecule has 0 N–H and O–H groups in total. The van der Waals surface area contributed by atoms with E-state index in [1.54, 1.807) is 0 Å². The fourth-order valence-electron chi connectivity index (χ4n) is 4.55. The molecule has 1 saturated carbocycles. The van der Waals surface area contributed by atoms with Crippen LogP contribution in [-0.4, -0.2) is 49.2 Å². The molecule has 6 rings (SSSR count). The van der Waals surface area contributed by atoms with Gasteiger partial charge >= 0.3 is 0 Å². The molecule has 0 radical (unpaired) electrons. The Balaban J connectivity index is 1.42. The summed E-state index contributed by atoms with van der Waals surface area (Å²) in [4.78, 5) is 22.2. The molecule has 0 atom stereocenters. The van der Waals surface area contributed by atoms with Gasteiger partial charge in [0.2, 0.25) is 5.91 Å². The SMILES string of the molecule is O=C(CSc1nnc2c3c4c(sc3nc(C3CC3)n12)CCCC4)N1CCCC1. The van der Waals surface area contributed by atoms with Crippen LogP contribution in [-0.2, 0) is 17.6 Å². The highest BCUT2D eigenvalue weighted by Crippen LogP contribution is 2.44.